The topological polar surface area (TPSA) is 53.5 Å². The number of hydrogen-bond acceptors (Lipinski definition) is 4. The van der Waals surface area contributed by atoms with Gasteiger partial charge in [-0.3, -0.25) is 0 Å². The van der Waals surface area contributed by atoms with Crippen molar-refractivity contribution >= 4 is 17.1 Å². The molecule has 1 rings (SSSR count). The summed E-state index contributed by atoms with van der Waals surface area (Å²) in [6, 6.07) is 5.38. The smallest absolute Gasteiger partial charge is 0.133 e. The van der Waals surface area contributed by atoms with Gasteiger partial charge < -0.3 is 10.6 Å². The van der Waals surface area contributed by atoms with E-state index in [0.29, 0.717) is 5.69 Å². The van der Waals surface area contributed by atoms with E-state index in [1.165, 1.54) is 0 Å². The highest BCUT2D eigenvalue weighted by atomic mass is 16.3. The van der Waals surface area contributed by atoms with Crippen LogP contribution in [0.1, 0.15) is 0 Å². The third-order valence-electron chi connectivity index (χ3n) is 1.65. The molecule has 0 radical (unpaired) electrons. The third-order valence-corrected chi connectivity index (χ3v) is 1.65. The van der Waals surface area contributed by atoms with Crippen LogP contribution in [0.3, 0.4) is 0 Å². The summed E-state index contributed by atoms with van der Waals surface area (Å²) in [5.74, 6) is 0. The van der Waals surface area contributed by atoms with Crippen molar-refractivity contribution in [1.29, 1.82) is 0 Å². The number of rotatable bonds is 3. The molecule has 0 atom stereocenters. The highest BCUT2D eigenvalue weighted by molar-refractivity contribution is 5.70. The van der Waals surface area contributed by atoms with Crippen molar-refractivity contribution in [2.45, 2.75) is 0 Å². The Labute approximate surface area is 71.0 Å². The van der Waals surface area contributed by atoms with Gasteiger partial charge in [-0.05, 0) is 23.4 Å². The van der Waals surface area contributed by atoms with Gasteiger partial charge in [0.25, 0.3) is 0 Å². The summed E-state index contributed by atoms with van der Waals surface area (Å²) < 4.78 is 0. The van der Waals surface area contributed by atoms with E-state index in [1.54, 1.807) is 20.2 Å². The van der Waals surface area contributed by atoms with Gasteiger partial charge in [-0.2, -0.15) is 0 Å². The fraction of sp³-hybridized carbons (Fsp3) is 0.250. The van der Waals surface area contributed by atoms with Crippen molar-refractivity contribution in [2.75, 3.05) is 24.7 Å². The predicted molar refractivity (Wildman–Crippen MR) is 51.0 cm³/mol. The minimum absolute atomic E-state index is 0.421. The average Bonchev–Trinajstić information content (AvgIpc) is 2.16. The van der Waals surface area contributed by atoms with Gasteiger partial charge in [-0.1, -0.05) is 0 Å². The van der Waals surface area contributed by atoms with Gasteiger partial charge in [0.2, 0.25) is 0 Å². The molecule has 0 saturated heterocycles. The molecule has 0 aliphatic carbocycles. The van der Waals surface area contributed by atoms with E-state index in [1.807, 2.05) is 12.1 Å². The summed E-state index contributed by atoms with van der Waals surface area (Å²) in [4.78, 5) is 10.3. The van der Waals surface area contributed by atoms with Crippen molar-refractivity contribution in [3.63, 3.8) is 0 Å². The SMILES string of the molecule is CNc1ccc(NC)c(N=O)c1. The summed E-state index contributed by atoms with van der Waals surface area (Å²) in [6.45, 7) is 0. The van der Waals surface area contributed by atoms with Crippen LogP contribution in [-0.2, 0) is 0 Å². The normalized spacial score (nSPS) is 9.17. The zero-order valence-corrected chi connectivity index (χ0v) is 7.09. The molecule has 2 N–H and O–H groups in total. The maximum absolute atomic E-state index is 10.3. The van der Waals surface area contributed by atoms with Crippen LogP contribution in [0.2, 0.25) is 0 Å². The molecular formula is C8H11N3O. The molecule has 0 unspecified atom stereocenters. The van der Waals surface area contributed by atoms with Crippen molar-refractivity contribution in [1.82, 2.24) is 0 Å². The van der Waals surface area contributed by atoms with Crippen LogP contribution in [0.25, 0.3) is 0 Å². The van der Waals surface area contributed by atoms with Gasteiger partial charge in [-0.25, -0.2) is 0 Å². The lowest BCUT2D eigenvalue weighted by molar-refractivity contribution is 1.42. The van der Waals surface area contributed by atoms with Gasteiger partial charge in [0.1, 0.15) is 5.69 Å². The van der Waals surface area contributed by atoms with E-state index in [-0.39, 0.29) is 0 Å². The van der Waals surface area contributed by atoms with Crippen LogP contribution in [0, 0.1) is 4.91 Å². The van der Waals surface area contributed by atoms with E-state index in [0.717, 1.165) is 11.4 Å². The van der Waals surface area contributed by atoms with E-state index >= 15 is 0 Å². The number of anilines is 2. The summed E-state index contributed by atoms with van der Waals surface area (Å²) in [6.07, 6.45) is 0. The molecule has 12 heavy (non-hydrogen) atoms. The molecule has 4 nitrogen and oxygen atoms in total. The monoisotopic (exact) mass is 165 g/mol. The molecule has 0 aromatic heterocycles. The minimum Gasteiger partial charge on any atom is -0.388 e. The first-order valence-electron chi connectivity index (χ1n) is 3.64. The Bertz CT molecular complexity index is 286. The molecule has 0 saturated carbocycles. The van der Waals surface area contributed by atoms with Gasteiger partial charge in [0.15, 0.2) is 0 Å². The Morgan fingerprint density at radius 3 is 2.50 bits per heavy atom. The van der Waals surface area contributed by atoms with Gasteiger partial charge >= 0.3 is 0 Å². The molecule has 0 bridgehead atoms. The molecule has 0 fully saturated rings. The lowest BCUT2D eigenvalue weighted by atomic mass is 10.2. The van der Waals surface area contributed by atoms with Crippen molar-refractivity contribution in [3.05, 3.63) is 23.1 Å². The van der Waals surface area contributed by atoms with Crippen LogP contribution < -0.4 is 10.6 Å². The van der Waals surface area contributed by atoms with Gasteiger partial charge in [-0.15, -0.1) is 4.91 Å². The third kappa shape index (κ3) is 1.53. The minimum atomic E-state index is 0.421. The molecule has 0 spiro atoms. The lowest BCUT2D eigenvalue weighted by Crippen LogP contribution is -1.91. The highest BCUT2D eigenvalue weighted by Gasteiger charge is 2.00. The number of nitrogens with zero attached hydrogens (tertiary/aromatic N) is 1. The fourth-order valence-corrected chi connectivity index (χ4v) is 0.974. The summed E-state index contributed by atoms with van der Waals surface area (Å²) >= 11 is 0. The van der Waals surface area contributed by atoms with Crippen LogP contribution in [0.15, 0.2) is 23.4 Å². The Kier molecular flexibility index (Phi) is 2.63. The van der Waals surface area contributed by atoms with Crippen LogP contribution >= 0.6 is 0 Å². The molecule has 0 aliphatic heterocycles. The maximum Gasteiger partial charge on any atom is 0.133 e. The second-order valence-corrected chi connectivity index (χ2v) is 2.32. The maximum atomic E-state index is 10.3. The summed E-state index contributed by atoms with van der Waals surface area (Å²) in [5.41, 5.74) is 2.04. The Morgan fingerprint density at radius 1 is 1.25 bits per heavy atom. The Morgan fingerprint density at radius 2 is 2.00 bits per heavy atom. The molecule has 1 aromatic rings. The van der Waals surface area contributed by atoms with Gasteiger partial charge in [0.05, 0.1) is 5.69 Å². The first kappa shape index (κ1) is 8.52. The van der Waals surface area contributed by atoms with Crippen LogP contribution in [-0.4, -0.2) is 14.1 Å². The van der Waals surface area contributed by atoms with E-state index < -0.39 is 0 Å². The quantitative estimate of drug-likeness (QED) is 0.675. The van der Waals surface area contributed by atoms with E-state index in [9.17, 15) is 4.91 Å². The van der Waals surface area contributed by atoms with Crippen molar-refractivity contribution in [3.8, 4) is 0 Å². The molecule has 64 valence electrons. The number of benzene rings is 1. The predicted octanol–water partition coefficient (Wildman–Crippen LogP) is 2.17. The molecule has 4 heteroatoms. The fourth-order valence-electron chi connectivity index (χ4n) is 0.974. The molecule has 0 amide bonds. The zero-order chi connectivity index (χ0) is 8.97. The van der Waals surface area contributed by atoms with E-state index in [2.05, 4.69) is 15.8 Å². The molecule has 1 aromatic carbocycles. The number of hydrogen-bond donors (Lipinski definition) is 2. The summed E-state index contributed by atoms with van der Waals surface area (Å²) in [5, 5.41) is 8.70. The number of nitrogens with one attached hydrogen (secondary N) is 2. The Balaban J connectivity index is 3.10. The van der Waals surface area contributed by atoms with Crippen LogP contribution in [0.4, 0.5) is 17.1 Å². The van der Waals surface area contributed by atoms with Crippen molar-refractivity contribution in [2.24, 2.45) is 5.18 Å². The standard InChI is InChI=1S/C8H11N3O/c1-9-6-3-4-7(10-2)8(5-6)11-12/h3-5,9-10H,1-2H3. The second kappa shape index (κ2) is 3.71. The zero-order valence-electron chi connectivity index (χ0n) is 7.09. The molecule has 0 aliphatic rings. The summed E-state index contributed by atoms with van der Waals surface area (Å²) in [7, 11) is 3.55. The lowest BCUT2D eigenvalue weighted by Gasteiger charge is -2.04. The van der Waals surface area contributed by atoms with Crippen molar-refractivity contribution < 1.29 is 0 Å². The first-order valence-corrected chi connectivity index (χ1v) is 3.64. The Hall–Kier alpha value is -1.58. The average molecular weight is 165 g/mol. The largest absolute Gasteiger partial charge is 0.388 e. The molecular weight excluding hydrogens is 154 g/mol. The second-order valence-electron chi connectivity index (χ2n) is 2.32. The van der Waals surface area contributed by atoms with Crippen LogP contribution in [0.5, 0.6) is 0 Å². The molecule has 0 heterocycles. The first-order chi connectivity index (χ1) is 5.81. The number of nitroso groups, excluding NO2 is 1. The van der Waals surface area contributed by atoms with Gasteiger partial charge in [0, 0.05) is 19.8 Å². The highest BCUT2D eigenvalue weighted by Crippen LogP contribution is 2.27. The van der Waals surface area contributed by atoms with E-state index in [4.69, 9.17) is 0 Å².